The number of halogens is 2. The number of aliphatic hydroxyl groups is 2. The standard InChI is InChI=1S/C36H38ClN5O6S.C25H25ClN4O3.C11H15NO4S/c1-36(2,3)48-35(47)39-32(25-15-19-49-22-25)34(46)42-16-5-4-6-29(42)33(45)38-27-12-8-23(9-13-27)7-10-24-21-41(17-18-43)40-31(24)28-20-26(37)11-14-30(28)44;26-19-8-11-23(32)21(15-19)24-18(16-30(29-24)13-14-31)7-4-17-5-9-20(10-6-17)28-25(33)22-3-1-2-12-27-22;1-11(2,3)16-10(15)12-8(9(13)14)7-4-5-17-6-7/h8-9,11-15,19-22,29,32,43-44H,4-6,16-18H2,1-3H3,(H,38,45)(H,39,47);5-6,8-11,15-16,22,27,31-32H,1-3,12-14H2,(H,28,33);4-6,8H,1-3H3,(H,12,15)(H,13,14)/t29-,32+;22-;8-/m001/s1. The Morgan fingerprint density at radius 1 is 0.616 bits per heavy atom. The van der Waals surface area contributed by atoms with Crippen LogP contribution in [-0.4, -0.2) is 135 Å². The zero-order valence-electron chi connectivity index (χ0n) is 55.3. The highest BCUT2D eigenvalue weighted by atomic mass is 35.5. The highest BCUT2D eigenvalue weighted by Gasteiger charge is 2.38. The molecule has 5 amide bonds. The quantitative estimate of drug-likeness (QED) is 0.0402. The Morgan fingerprint density at radius 3 is 1.52 bits per heavy atom. The maximum Gasteiger partial charge on any atom is 0.408 e. The highest BCUT2D eigenvalue weighted by Crippen LogP contribution is 2.35. The number of phenols is 2. The van der Waals surface area contributed by atoms with Crippen LogP contribution >= 0.6 is 45.9 Å². The number of piperidine rings is 2. The summed E-state index contributed by atoms with van der Waals surface area (Å²) in [7, 11) is 0. The maximum atomic E-state index is 13.9. The van der Waals surface area contributed by atoms with Crippen molar-refractivity contribution in [3.63, 3.8) is 0 Å². The molecule has 2 fully saturated rings. The Labute approximate surface area is 591 Å². The molecule has 23 nitrogen and oxygen atoms in total. The summed E-state index contributed by atoms with van der Waals surface area (Å²) in [6.07, 6.45) is 6.99. The van der Waals surface area contributed by atoms with Crippen LogP contribution in [0.25, 0.3) is 22.5 Å². The number of nitrogens with one attached hydrogen (secondary N) is 5. The van der Waals surface area contributed by atoms with Crippen molar-refractivity contribution in [1.82, 2.24) is 40.4 Å². The molecule has 2 aliphatic rings. The van der Waals surface area contributed by atoms with E-state index in [2.05, 4.69) is 60.5 Å². The number of anilines is 2. The first-order valence-electron chi connectivity index (χ1n) is 31.7. The molecule has 10 rings (SSSR count). The summed E-state index contributed by atoms with van der Waals surface area (Å²) in [5, 5.41) is 79.5. The summed E-state index contributed by atoms with van der Waals surface area (Å²) in [4.78, 5) is 76.6. The van der Waals surface area contributed by atoms with E-state index in [4.69, 9.17) is 37.8 Å². The van der Waals surface area contributed by atoms with E-state index >= 15 is 0 Å². The molecule has 0 spiro atoms. The lowest BCUT2D eigenvalue weighted by atomic mass is 9.98. The molecule has 2 saturated heterocycles. The number of hydrogen-bond acceptors (Lipinski definition) is 17. The lowest BCUT2D eigenvalue weighted by molar-refractivity contribution is -0.142. The van der Waals surface area contributed by atoms with Gasteiger partial charge in [-0.25, -0.2) is 14.4 Å². The number of aromatic hydroxyl groups is 2. The summed E-state index contributed by atoms with van der Waals surface area (Å²) in [6, 6.07) is 24.2. The van der Waals surface area contributed by atoms with E-state index in [0.29, 0.717) is 85.6 Å². The number of hydrogen-bond donors (Lipinski definition) is 10. The Bertz CT molecular complexity index is 4220. The smallest absolute Gasteiger partial charge is 0.408 e. The van der Waals surface area contributed by atoms with Crippen LogP contribution in [0.15, 0.2) is 131 Å². The zero-order valence-corrected chi connectivity index (χ0v) is 58.5. The van der Waals surface area contributed by atoms with Crippen molar-refractivity contribution in [2.45, 2.75) is 129 Å². The molecule has 99 heavy (non-hydrogen) atoms. The van der Waals surface area contributed by atoms with Crippen LogP contribution in [0, 0.1) is 23.7 Å². The molecule has 6 heterocycles. The zero-order chi connectivity index (χ0) is 71.4. The van der Waals surface area contributed by atoms with E-state index < -0.39 is 47.5 Å². The fourth-order valence-electron chi connectivity index (χ4n) is 10.3. The van der Waals surface area contributed by atoms with Gasteiger partial charge in [-0.15, -0.1) is 0 Å². The molecule has 4 aromatic carbocycles. The fourth-order valence-corrected chi connectivity index (χ4v) is 12.0. The molecule has 0 unspecified atom stereocenters. The summed E-state index contributed by atoms with van der Waals surface area (Å²) in [5.41, 5.74) is 5.39. The molecule has 4 atom stereocenters. The number of aliphatic carboxylic acids is 1. The summed E-state index contributed by atoms with van der Waals surface area (Å²) in [6.45, 7) is 12.0. The maximum absolute atomic E-state index is 13.9. The number of carboxylic acid groups (broad SMARTS) is 1. The molecule has 0 saturated carbocycles. The third-order valence-corrected chi connectivity index (χ3v) is 16.8. The molecule has 0 aliphatic carbocycles. The number of carbonyl (C=O) groups is 6. The number of likely N-dealkylation sites (tertiary alicyclic amines) is 1. The number of amides is 5. The summed E-state index contributed by atoms with van der Waals surface area (Å²) >= 11 is 15.0. The lowest BCUT2D eigenvalue weighted by Crippen LogP contribution is -2.53. The van der Waals surface area contributed by atoms with E-state index in [1.807, 2.05) is 29.6 Å². The molecule has 520 valence electrons. The van der Waals surface area contributed by atoms with Gasteiger partial charge in [0.2, 0.25) is 11.8 Å². The molecule has 10 N–H and O–H groups in total. The predicted octanol–water partition coefficient (Wildman–Crippen LogP) is 11.7. The first kappa shape index (κ1) is 75.1. The van der Waals surface area contributed by atoms with Gasteiger partial charge in [-0.2, -0.15) is 32.9 Å². The van der Waals surface area contributed by atoms with Crippen molar-refractivity contribution in [1.29, 1.82) is 0 Å². The molecule has 2 aliphatic heterocycles. The van der Waals surface area contributed by atoms with E-state index in [1.54, 1.807) is 145 Å². The number of thiophene rings is 2. The molecular weight excluding hydrogens is 1350 g/mol. The Kier molecular flexibility index (Phi) is 26.7. The number of alkyl carbamates (subject to hydrolysis) is 2. The van der Waals surface area contributed by atoms with Crippen molar-refractivity contribution in [3.05, 3.63) is 174 Å². The van der Waals surface area contributed by atoms with E-state index in [1.165, 1.54) is 34.8 Å². The molecule has 4 aromatic heterocycles. The number of rotatable bonds is 16. The normalized spacial score (nSPS) is 14.9. The van der Waals surface area contributed by atoms with Crippen LogP contribution in [-0.2, 0) is 41.7 Å². The van der Waals surface area contributed by atoms with Gasteiger partial charge in [-0.05, 0) is 210 Å². The second-order valence-electron chi connectivity index (χ2n) is 24.9. The van der Waals surface area contributed by atoms with Gasteiger partial charge in [0.05, 0.1) is 43.5 Å². The summed E-state index contributed by atoms with van der Waals surface area (Å²) in [5.74, 6) is 10.6. The van der Waals surface area contributed by atoms with Crippen LogP contribution in [0.4, 0.5) is 21.0 Å². The Hall–Kier alpha value is -9.70. The van der Waals surface area contributed by atoms with Gasteiger partial charge in [0.25, 0.3) is 5.91 Å². The van der Waals surface area contributed by atoms with E-state index in [-0.39, 0.29) is 55.0 Å². The second kappa shape index (κ2) is 35.2. The second-order valence-corrected chi connectivity index (χ2v) is 27.3. The average Bonchev–Trinajstić information content (AvgIpc) is 1.70. The average molecular weight is 1430 g/mol. The molecule has 0 radical (unpaired) electrons. The molecular formula is C72H78Cl2N10O13S2. The minimum Gasteiger partial charge on any atom is -0.507 e. The first-order chi connectivity index (χ1) is 47.2. The SMILES string of the molecule is CC(C)(C)OC(=O)N[C@@H](C(=O)N1CCCC[C@H]1C(=O)Nc1ccc(C#Cc2cn(CCO)nc2-c2cc(Cl)ccc2O)cc1)c1ccsc1.CC(C)(C)OC(=O)N[C@@H](C(=O)O)c1ccsc1.O=C(Nc1ccc(C#Cc2cn(CCO)nc2-c2cc(Cl)ccc2O)cc1)[C@@H]1CCCCN1. The van der Waals surface area contributed by atoms with Crippen molar-refractivity contribution >= 4 is 93.1 Å². The number of aromatic nitrogens is 4. The van der Waals surface area contributed by atoms with Gasteiger partial charge in [0, 0.05) is 62.6 Å². The number of aliphatic hydroxyl groups excluding tert-OH is 2. The molecule has 0 bridgehead atoms. The predicted molar refractivity (Wildman–Crippen MR) is 380 cm³/mol. The van der Waals surface area contributed by atoms with Gasteiger partial charge in [-0.1, -0.05) is 53.3 Å². The number of carbonyl (C=O) groups excluding carboxylic acids is 5. The highest BCUT2D eigenvalue weighted by molar-refractivity contribution is 7.08. The van der Waals surface area contributed by atoms with Gasteiger partial charge >= 0.3 is 18.2 Å². The molecule has 27 heteroatoms. The monoisotopic (exact) mass is 1420 g/mol. The Balaban J connectivity index is 0.000000214. The van der Waals surface area contributed by atoms with Crippen LogP contribution in [0.2, 0.25) is 10.0 Å². The topological polar surface area (TPSA) is 321 Å². The van der Waals surface area contributed by atoms with Crippen LogP contribution < -0.4 is 26.6 Å². The van der Waals surface area contributed by atoms with E-state index in [9.17, 15) is 49.2 Å². The van der Waals surface area contributed by atoms with Crippen molar-refractivity contribution in [3.8, 4) is 57.7 Å². The van der Waals surface area contributed by atoms with Gasteiger partial charge < -0.3 is 66.5 Å². The van der Waals surface area contributed by atoms with E-state index in [0.717, 1.165) is 49.9 Å². The minimum absolute atomic E-state index is 0.00122. The third kappa shape index (κ3) is 22.4. The number of phenolic OH excluding ortho intramolecular Hbond substituents is 2. The van der Waals surface area contributed by atoms with Crippen molar-refractivity contribution in [2.24, 2.45) is 0 Å². The third-order valence-electron chi connectivity index (χ3n) is 14.9. The largest absolute Gasteiger partial charge is 0.507 e. The fraction of sp³-hybridized carbons (Fsp3) is 0.333. The lowest BCUT2D eigenvalue weighted by Gasteiger charge is -2.37. The van der Waals surface area contributed by atoms with Gasteiger partial charge in [0.15, 0.2) is 6.04 Å². The first-order valence-corrected chi connectivity index (χ1v) is 34.4. The number of carboxylic acids is 1. The number of ether oxygens (including phenoxy) is 2. The van der Waals surface area contributed by atoms with Crippen molar-refractivity contribution in [2.75, 3.05) is 36.9 Å². The van der Waals surface area contributed by atoms with Gasteiger partial charge in [-0.3, -0.25) is 23.7 Å². The van der Waals surface area contributed by atoms with Crippen LogP contribution in [0.3, 0.4) is 0 Å². The minimum atomic E-state index is -1.12. The van der Waals surface area contributed by atoms with Gasteiger partial charge in [0.1, 0.15) is 46.2 Å². The molecule has 8 aromatic rings. The van der Waals surface area contributed by atoms with Crippen LogP contribution in [0.5, 0.6) is 11.5 Å². The number of nitrogens with zero attached hydrogens (tertiary/aromatic N) is 5. The summed E-state index contributed by atoms with van der Waals surface area (Å²) < 4.78 is 13.6. The Morgan fingerprint density at radius 2 is 1.08 bits per heavy atom. The number of benzene rings is 4. The van der Waals surface area contributed by atoms with Crippen molar-refractivity contribution < 1.29 is 63.8 Å². The van der Waals surface area contributed by atoms with Crippen LogP contribution in [0.1, 0.15) is 126 Å².